The van der Waals surface area contributed by atoms with E-state index in [4.69, 9.17) is 0 Å². The summed E-state index contributed by atoms with van der Waals surface area (Å²) in [5.41, 5.74) is 2.16. The molecule has 3 aromatic rings. The van der Waals surface area contributed by atoms with Crippen molar-refractivity contribution >= 4 is 23.3 Å². The predicted molar refractivity (Wildman–Crippen MR) is 109 cm³/mol. The molecule has 7 nitrogen and oxygen atoms in total. The molecule has 4 rings (SSSR count). The van der Waals surface area contributed by atoms with Gasteiger partial charge in [-0.2, -0.15) is 0 Å². The Labute approximate surface area is 173 Å². The lowest BCUT2D eigenvalue weighted by Gasteiger charge is -2.30. The molecule has 1 aromatic carbocycles. The van der Waals surface area contributed by atoms with E-state index in [2.05, 4.69) is 19.9 Å². The Hall–Kier alpha value is -3.13. The second kappa shape index (κ2) is 8.91. The quantitative estimate of drug-likeness (QED) is 0.620. The summed E-state index contributed by atoms with van der Waals surface area (Å²) in [6.07, 6.45) is 5.76. The number of rotatable bonds is 8. The average Bonchev–Trinajstić information content (AvgIpc) is 3.44. The zero-order chi connectivity index (χ0) is 20.1. The molecule has 29 heavy (non-hydrogen) atoms. The zero-order valence-electron chi connectivity index (χ0n) is 15.8. The summed E-state index contributed by atoms with van der Waals surface area (Å²) in [7, 11) is 0. The Bertz CT molecular complexity index is 946. The highest BCUT2D eigenvalue weighted by Crippen LogP contribution is 2.35. The molecule has 1 N–H and O–H groups in total. The van der Waals surface area contributed by atoms with Gasteiger partial charge in [-0.1, -0.05) is 34.8 Å². The molecule has 2 heterocycles. The first kappa shape index (κ1) is 19.2. The van der Waals surface area contributed by atoms with Gasteiger partial charge < -0.3 is 10.2 Å². The monoisotopic (exact) mass is 407 g/mol. The number of benzene rings is 1. The predicted octanol–water partition coefficient (Wildman–Crippen LogP) is 2.64. The maximum Gasteiger partial charge on any atom is 0.276 e. The third-order valence-corrected chi connectivity index (χ3v) is 5.36. The van der Waals surface area contributed by atoms with Crippen molar-refractivity contribution in [3.05, 3.63) is 77.1 Å². The maximum absolute atomic E-state index is 13.2. The van der Waals surface area contributed by atoms with Crippen LogP contribution in [0.5, 0.6) is 0 Å². The largest absolute Gasteiger partial charge is 0.354 e. The van der Waals surface area contributed by atoms with Gasteiger partial charge in [0.15, 0.2) is 5.69 Å². The van der Waals surface area contributed by atoms with Gasteiger partial charge in [-0.3, -0.25) is 14.6 Å². The van der Waals surface area contributed by atoms with Crippen LogP contribution in [0.1, 0.15) is 40.5 Å². The Balaban J connectivity index is 1.55. The molecule has 1 fully saturated rings. The molecule has 0 aliphatic heterocycles. The summed E-state index contributed by atoms with van der Waals surface area (Å²) in [4.78, 5) is 32.1. The van der Waals surface area contributed by atoms with Crippen molar-refractivity contribution in [2.75, 3.05) is 6.54 Å². The van der Waals surface area contributed by atoms with Gasteiger partial charge in [0.2, 0.25) is 5.91 Å². The van der Waals surface area contributed by atoms with Crippen LogP contribution in [0.2, 0.25) is 0 Å². The van der Waals surface area contributed by atoms with Gasteiger partial charge in [0.05, 0.1) is 0 Å². The van der Waals surface area contributed by atoms with Crippen LogP contribution in [0.3, 0.4) is 0 Å². The minimum Gasteiger partial charge on any atom is -0.354 e. The molecule has 1 saturated carbocycles. The van der Waals surface area contributed by atoms with Crippen molar-refractivity contribution in [3.8, 4) is 0 Å². The highest BCUT2D eigenvalue weighted by atomic mass is 32.1. The van der Waals surface area contributed by atoms with Gasteiger partial charge in [0, 0.05) is 30.4 Å². The van der Waals surface area contributed by atoms with Crippen LogP contribution in [0.15, 0.2) is 60.2 Å². The van der Waals surface area contributed by atoms with Crippen LogP contribution in [-0.2, 0) is 11.2 Å². The lowest BCUT2D eigenvalue weighted by Crippen LogP contribution is -2.45. The third kappa shape index (κ3) is 4.65. The van der Waals surface area contributed by atoms with Crippen LogP contribution in [0, 0.1) is 0 Å². The molecule has 0 spiro atoms. The number of hydrogen-bond donors (Lipinski definition) is 1. The van der Waals surface area contributed by atoms with E-state index in [-0.39, 0.29) is 23.6 Å². The lowest BCUT2D eigenvalue weighted by molar-refractivity contribution is -0.126. The fraction of sp³-hybridized carbons (Fsp3) is 0.286. The summed E-state index contributed by atoms with van der Waals surface area (Å²) >= 11 is 1.13. The molecule has 2 aromatic heterocycles. The van der Waals surface area contributed by atoms with E-state index in [9.17, 15) is 9.59 Å². The number of amides is 2. The topological polar surface area (TPSA) is 88.1 Å². The zero-order valence-corrected chi connectivity index (χ0v) is 16.6. The first-order valence-corrected chi connectivity index (χ1v) is 10.4. The minimum atomic E-state index is -0.726. The molecule has 1 atom stereocenters. The van der Waals surface area contributed by atoms with Gasteiger partial charge in [0.25, 0.3) is 5.91 Å². The van der Waals surface area contributed by atoms with Crippen molar-refractivity contribution in [1.29, 1.82) is 0 Å². The van der Waals surface area contributed by atoms with E-state index >= 15 is 0 Å². The normalized spacial score (nSPS) is 14.2. The molecule has 148 valence electrons. The van der Waals surface area contributed by atoms with E-state index in [0.717, 1.165) is 41.9 Å². The molecule has 0 unspecified atom stereocenters. The van der Waals surface area contributed by atoms with Gasteiger partial charge in [-0.15, -0.1) is 5.10 Å². The Morgan fingerprint density at radius 2 is 1.90 bits per heavy atom. The molecular weight excluding hydrogens is 386 g/mol. The second-order valence-electron chi connectivity index (χ2n) is 6.94. The third-order valence-electron chi connectivity index (χ3n) is 4.86. The van der Waals surface area contributed by atoms with Crippen molar-refractivity contribution in [2.24, 2.45) is 0 Å². The highest BCUT2D eigenvalue weighted by Gasteiger charge is 2.42. The Morgan fingerprint density at radius 1 is 1.14 bits per heavy atom. The van der Waals surface area contributed by atoms with Crippen molar-refractivity contribution < 1.29 is 9.59 Å². The van der Waals surface area contributed by atoms with Gasteiger partial charge >= 0.3 is 0 Å². The average molecular weight is 407 g/mol. The summed E-state index contributed by atoms with van der Waals surface area (Å²) in [6, 6.07) is 12.8. The van der Waals surface area contributed by atoms with Crippen molar-refractivity contribution in [1.82, 2.24) is 24.8 Å². The van der Waals surface area contributed by atoms with E-state index < -0.39 is 6.04 Å². The first-order valence-electron chi connectivity index (χ1n) is 9.55. The number of carbonyl (C=O) groups is 2. The van der Waals surface area contributed by atoms with Crippen LogP contribution in [0.25, 0.3) is 0 Å². The summed E-state index contributed by atoms with van der Waals surface area (Å²) in [6.45, 7) is 0.495. The number of aromatic nitrogens is 3. The molecule has 0 saturated heterocycles. The molecular formula is C21H21N5O2S. The van der Waals surface area contributed by atoms with E-state index in [0.29, 0.717) is 6.54 Å². The van der Waals surface area contributed by atoms with Crippen LogP contribution in [-0.4, -0.2) is 43.9 Å². The smallest absolute Gasteiger partial charge is 0.276 e. The first-order chi connectivity index (χ1) is 14.2. The molecule has 1 aliphatic rings. The SMILES string of the molecule is O=C(NCCc1ccccc1)[C@@H](c1ccncc1)N(C(=O)c1csnn1)C1CC1. The van der Waals surface area contributed by atoms with Gasteiger partial charge in [0.1, 0.15) is 6.04 Å². The standard InChI is InChI=1S/C21H21N5O2S/c27-20(23-13-8-15-4-2-1-3-5-15)19(16-9-11-22-12-10-16)26(17-6-7-17)21(28)18-14-29-25-24-18/h1-5,9-12,14,17,19H,6-8,13H2,(H,23,27)/t19-/m1/s1. The maximum atomic E-state index is 13.2. The Morgan fingerprint density at radius 3 is 2.55 bits per heavy atom. The van der Waals surface area contributed by atoms with Gasteiger partial charge in [-0.05, 0) is 54.1 Å². The number of hydrogen-bond acceptors (Lipinski definition) is 6. The van der Waals surface area contributed by atoms with E-state index in [1.807, 2.05) is 30.3 Å². The van der Waals surface area contributed by atoms with Gasteiger partial charge in [-0.25, -0.2) is 0 Å². The fourth-order valence-electron chi connectivity index (χ4n) is 3.29. The number of carbonyl (C=O) groups excluding carboxylic acids is 2. The van der Waals surface area contributed by atoms with E-state index in [1.165, 1.54) is 0 Å². The minimum absolute atomic E-state index is 0.0299. The molecule has 0 radical (unpaired) electrons. The highest BCUT2D eigenvalue weighted by molar-refractivity contribution is 7.03. The van der Waals surface area contributed by atoms with Crippen LogP contribution in [0.4, 0.5) is 0 Å². The summed E-state index contributed by atoms with van der Waals surface area (Å²) < 4.78 is 3.80. The van der Waals surface area contributed by atoms with Crippen molar-refractivity contribution in [3.63, 3.8) is 0 Å². The second-order valence-corrected chi connectivity index (χ2v) is 7.55. The summed E-state index contributed by atoms with van der Waals surface area (Å²) in [5, 5.41) is 8.54. The molecule has 2 amide bonds. The molecule has 1 aliphatic carbocycles. The van der Waals surface area contributed by atoms with E-state index in [1.54, 1.807) is 34.8 Å². The number of nitrogens with one attached hydrogen (secondary N) is 1. The number of pyridine rings is 1. The molecule has 8 heteroatoms. The Kier molecular flexibility index (Phi) is 5.90. The van der Waals surface area contributed by atoms with Crippen molar-refractivity contribution in [2.45, 2.75) is 31.3 Å². The number of nitrogens with zero attached hydrogens (tertiary/aromatic N) is 4. The summed E-state index contributed by atoms with van der Waals surface area (Å²) in [5.74, 6) is -0.461. The fourth-order valence-corrected chi connectivity index (χ4v) is 3.72. The van der Waals surface area contributed by atoms with Crippen LogP contribution >= 0.6 is 11.5 Å². The van der Waals surface area contributed by atoms with Crippen LogP contribution < -0.4 is 5.32 Å². The lowest BCUT2D eigenvalue weighted by atomic mass is 10.0. The molecule has 0 bridgehead atoms.